The Labute approximate surface area is 119 Å². The molecule has 1 atom stereocenters. The van der Waals surface area contributed by atoms with Gasteiger partial charge in [0.25, 0.3) is 5.91 Å². The zero-order valence-corrected chi connectivity index (χ0v) is 12.1. The van der Waals surface area contributed by atoms with E-state index in [1.807, 2.05) is 32.0 Å². The van der Waals surface area contributed by atoms with E-state index in [1.165, 1.54) is 0 Å². The van der Waals surface area contributed by atoms with Gasteiger partial charge in [0.1, 0.15) is 11.4 Å². The van der Waals surface area contributed by atoms with E-state index in [1.54, 1.807) is 0 Å². The summed E-state index contributed by atoms with van der Waals surface area (Å²) in [5.74, 6) is 0.651. The quantitative estimate of drug-likeness (QED) is 0.864. The van der Waals surface area contributed by atoms with Crippen LogP contribution in [-0.2, 0) is 16.1 Å². The smallest absolute Gasteiger partial charge is 0.256 e. The molecule has 0 saturated carbocycles. The van der Waals surface area contributed by atoms with Crippen LogP contribution >= 0.6 is 0 Å². The van der Waals surface area contributed by atoms with Crippen molar-refractivity contribution in [3.05, 3.63) is 23.8 Å². The summed E-state index contributed by atoms with van der Waals surface area (Å²) >= 11 is 0. The van der Waals surface area contributed by atoms with Crippen molar-refractivity contribution >= 4 is 11.6 Å². The van der Waals surface area contributed by atoms with E-state index in [4.69, 9.17) is 15.2 Å². The molecule has 0 radical (unpaired) electrons. The topological polar surface area (TPSA) is 73.6 Å². The highest BCUT2D eigenvalue weighted by Crippen LogP contribution is 2.28. The molecule has 0 aliphatic carbocycles. The summed E-state index contributed by atoms with van der Waals surface area (Å²) in [5, 5.41) is 2.89. The standard InChI is InChI=1S/C15H22N2O3/c1-3-19-13-6-5-12(9-11(13)10-16)17-14(18)15(2)7-4-8-20-15/h5-6,9H,3-4,7-8,10,16H2,1-2H3,(H,17,18). The first-order valence-electron chi connectivity index (χ1n) is 7.00. The van der Waals surface area contributed by atoms with Crippen molar-refractivity contribution in [3.63, 3.8) is 0 Å². The lowest BCUT2D eigenvalue weighted by atomic mass is 10.0. The Balaban J connectivity index is 2.11. The molecular weight excluding hydrogens is 256 g/mol. The van der Waals surface area contributed by atoms with Gasteiger partial charge >= 0.3 is 0 Å². The van der Waals surface area contributed by atoms with Crippen molar-refractivity contribution in [2.24, 2.45) is 5.73 Å². The van der Waals surface area contributed by atoms with Gasteiger partial charge in [-0.25, -0.2) is 0 Å². The van der Waals surface area contributed by atoms with E-state index in [0.717, 1.165) is 29.8 Å². The fraction of sp³-hybridized carbons (Fsp3) is 0.533. The maximum Gasteiger partial charge on any atom is 0.256 e. The van der Waals surface area contributed by atoms with E-state index in [2.05, 4.69) is 5.32 Å². The van der Waals surface area contributed by atoms with Gasteiger partial charge in [0.15, 0.2) is 0 Å². The number of carbonyl (C=O) groups is 1. The van der Waals surface area contributed by atoms with E-state index in [0.29, 0.717) is 19.8 Å². The fourth-order valence-corrected chi connectivity index (χ4v) is 2.33. The second-order valence-corrected chi connectivity index (χ2v) is 5.10. The third-order valence-corrected chi connectivity index (χ3v) is 3.54. The van der Waals surface area contributed by atoms with Gasteiger partial charge in [-0.3, -0.25) is 4.79 Å². The summed E-state index contributed by atoms with van der Waals surface area (Å²) in [6, 6.07) is 5.50. The van der Waals surface area contributed by atoms with Gasteiger partial charge in [-0.2, -0.15) is 0 Å². The van der Waals surface area contributed by atoms with Gasteiger partial charge in [0.2, 0.25) is 0 Å². The zero-order valence-electron chi connectivity index (χ0n) is 12.1. The molecule has 0 aromatic heterocycles. The van der Waals surface area contributed by atoms with Crippen LogP contribution in [0.4, 0.5) is 5.69 Å². The second-order valence-electron chi connectivity index (χ2n) is 5.10. The summed E-state index contributed by atoms with van der Waals surface area (Å²) < 4.78 is 11.0. The molecule has 1 aromatic carbocycles. The van der Waals surface area contributed by atoms with Crippen LogP contribution in [0, 0.1) is 0 Å². The maximum absolute atomic E-state index is 12.2. The highest BCUT2D eigenvalue weighted by molar-refractivity contribution is 5.97. The highest BCUT2D eigenvalue weighted by atomic mass is 16.5. The third kappa shape index (κ3) is 3.11. The van der Waals surface area contributed by atoms with Crippen LogP contribution in [0.5, 0.6) is 5.75 Å². The van der Waals surface area contributed by atoms with E-state index < -0.39 is 5.60 Å². The van der Waals surface area contributed by atoms with Crippen LogP contribution in [0.1, 0.15) is 32.3 Å². The number of amides is 1. The number of carbonyl (C=O) groups excluding carboxylic acids is 1. The SMILES string of the molecule is CCOc1ccc(NC(=O)C2(C)CCCO2)cc1CN. The second kappa shape index (κ2) is 6.24. The van der Waals surface area contributed by atoms with Crippen molar-refractivity contribution in [1.29, 1.82) is 0 Å². The lowest BCUT2D eigenvalue weighted by Crippen LogP contribution is -2.39. The first kappa shape index (κ1) is 14.8. The number of hydrogen-bond donors (Lipinski definition) is 2. The van der Waals surface area contributed by atoms with Crippen molar-refractivity contribution in [1.82, 2.24) is 0 Å². The summed E-state index contributed by atoms with van der Waals surface area (Å²) in [4.78, 5) is 12.2. The molecule has 0 spiro atoms. The van der Waals surface area contributed by atoms with Gasteiger partial charge in [0.05, 0.1) is 6.61 Å². The fourth-order valence-electron chi connectivity index (χ4n) is 2.33. The summed E-state index contributed by atoms with van der Waals surface area (Å²) in [7, 11) is 0. The van der Waals surface area contributed by atoms with Crippen LogP contribution in [0.3, 0.4) is 0 Å². The molecule has 1 amide bonds. The van der Waals surface area contributed by atoms with Crippen LogP contribution < -0.4 is 15.8 Å². The molecule has 0 bridgehead atoms. The molecule has 5 heteroatoms. The molecule has 1 heterocycles. The lowest BCUT2D eigenvalue weighted by Gasteiger charge is -2.22. The summed E-state index contributed by atoms with van der Waals surface area (Å²) in [5.41, 5.74) is 6.59. The van der Waals surface area contributed by atoms with Gasteiger partial charge in [-0.15, -0.1) is 0 Å². The molecule has 1 aliphatic rings. The average Bonchev–Trinajstić information content (AvgIpc) is 2.89. The molecule has 20 heavy (non-hydrogen) atoms. The van der Waals surface area contributed by atoms with Crippen LogP contribution in [-0.4, -0.2) is 24.7 Å². The number of hydrogen-bond acceptors (Lipinski definition) is 4. The van der Waals surface area contributed by atoms with Crippen molar-refractivity contribution < 1.29 is 14.3 Å². The number of ether oxygens (including phenoxy) is 2. The van der Waals surface area contributed by atoms with Gasteiger partial charge in [0, 0.05) is 24.4 Å². The summed E-state index contributed by atoms with van der Waals surface area (Å²) in [6.45, 7) is 5.35. The third-order valence-electron chi connectivity index (χ3n) is 3.54. The highest BCUT2D eigenvalue weighted by Gasteiger charge is 2.37. The Kier molecular flexibility index (Phi) is 4.62. The maximum atomic E-state index is 12.2. The Morgan fingerprint density at radius 2 is 2.35 bits per heavy atom. The predicted molar refractivity (Wildman–Crippen MR) is 77.7 cm³/mol. The lowest BCUT2D eigenvalue weighted by molar-refractivity contribution is -0.133. The first-order chi connectivity index (χ1) is 9.59. The summed E-state index contributed by atoms with van der Waals surface area (Å²) in [6.07, 6.45) is 1.67. The Morgan fingerprint density at radius 3 is 2.95 bits per heavy atom. The van der Waals surface area contributed by atoms with Crippen LogP contribution in [0.2, 0.25) is 0 Å². The molecule has 1 aliphatic heterocycles. The van der Waals surface area contributed by atoms with Gasteiger partial charge in [-0.05, 0) is 44.9 Å². The van der Waals surface area contributed by atoms with Crippen LogP contribution in [0.25, 0.3) is 0 Å². The molecule has 1 fully saturated rings. The average molecular weight is 278 g/mol. The minimum absolute atomic E-state index is 0.109. The Morgan fingerprint density at radius 1 is 1.55 bits per heavy atom. The largest absolute Gasteiger partial charge is 0.494 e. The minimum atomic E-state index is -0.721. The molecule has 1 aromatic rings. The zero-order chi connectivity index (χ0) is 14.6. The number of benzene rings is 1. The molecule has 2 rings (SSSR count). The number of nitrogens with one attached hydrogen (secondary N) is 1. The van der Waals surface area contributed by atoms with E-state index in [-0.39, 0.29) is 5.91 Å². The number of nitrogens with two attached hydrogens (primary N) is 1. The van der Waals surface area contributed by atoms with Crippen molar-refractivity contribution in [2.45, 2.75) is 38.8 Å². The molecule has 5 nitrogen and oxygen atoms in total. The van der Waals surface area contributed by atoms with E-state index in [9.17, 15) is 4.79 Å². The number of anilines is 1. The number of rotatable bonds is 5. The normalized spacial score (nSPS) is 21.8. The van der Waals surface area contributed by atoms with Crippen molar-refractivity contribution in [3.8, 4) is 5.75 Å². The molecule has 110 valence electrons. The van der Waals surface area contributed by atoms with Gasteiger partial charge in [-0.1, -0.05) is 0 Å². The van der Waals surface area contributed by atoms with Gasteiger partial charge < -0.3 is 20.5 Å². The monoisotopic (exact) mass is 278 g/mol. The first-order valence-corrected chi connectivity index (χ1v) is 7.00. The van der Waals surface area contributed by atoms with Crippen LogP contribution in [0.15, 0.2) is 18.2 Å². The molecular formula is C15H22N2O3. The molecule has 1 saturated heterocycles. The minimum Gasteiger partial charge on any atom is -0.494 e. The Hall–Kier alpha value is -1.59. The predicted octanol–water partition coefficient (Wildman–Crippen LogP) is 2.05. The Bertz CT molecular complexity index is 482. The molecule has 1 unspecified atom stereocenters. The molecule has 3 N–H and O–H groups in total. The van der Waals surface area contributed by atoms with Crippen molar-refractivity contribution in [2.75, 3.05) is 18.5 Å². The van der Waals surface area contributed by atoms with E-state index >= 15 is 0 Å².